The van der Waals surface area contributed by atoms with Gasteiger partial charge in [-0.05, 0) is 6.07 Å². The lowest BCUT2D eigenvalue weighted by Gasteiger charge is -2.06. The van der Waals surface area contributed by atoms with Crippen LogP contribution >= 0.6 is 0 Å². The Morgan fingerprint density at radius 1 is 1.27 bits per heavy atom. The van der Waals surface area contributed by atoms with Gasteiger partial charge in [-0.25, -0.2) is 4.79 Å². The topological polar surface area (TPSA) is 127 Å². The highest BCUT2D eigenvalue weighted by Crippen LogP contribution is 2.24. The average molecular weight is 210 g/mol. The fourth-order valence-corrected chi connectivity index (χ4v) is 1.12. The average Bonchev–Trinajstić information content (AvgIpc) is 2.16. The molecule has 80 valence electrons. The Labute approximate surface area is 85.1 Å². The predicted octanol–water partition coefficient (Wildman–Crippen LogP) is -0.186. The monoisotopic (exact) mass is 210 g/mol. The van der Waals surface area contributed by atoms with Crippen molar-refractivity contribution in [2.45, 2.75) is 0 Å². The first-order chi connectivity index (χ1) is 6.97. The Bertz CT molecular complexity index is 428. The van der Waals surface area contributed by atoms with Crippen molar-refractivity contribution in [1.29, 1.82) is 0 Å². The lowest BCUT2D eigenvalue weighted by atomic mass is 10.0. The highest BCUT2D eigenvalue weighted by atomic mass is 16.4. The molecule has 6 heteroatoms. The van der Waals surface area contributed by atoms with Gasteiger partial charge < -0.3 is 21.7 Å². The minimum Gasteiger partial charge on any atom is -0.507 e. The summed E-state index contributed by atoms with van der Waals surface area (Å²) >= 11 is 0. The summed E-state index contributed by atoms with van der Waals surface area (Å²) in [5, 5.41) is 18.1. The molecule has 15 heavy (non-hydrogen) atoms. The molecule has 0 bridgehead atoms. The fourth-order valence-electron chi connectivity index (χ4n) is 1.12. The van der Waals surface area contributed by atoms with E-state index in [-0.39, 0.29) is 29.1 Å². The van der Waals surface area contributed by atoms with Crippen LogP contribution in [0.25, 0.3) is 0 Å². The number of ketones is 1. The van der Waals surface area contributed by atoms with E-state index in [2.05, 4.69) is 0 Å². The van der Waals surface area contributed by atoms with Crippen LogP contribution in [-0.4, -0.2) is 28.5 Å². The number of carbonyl (C=O) groups is 2. The van der Waals surface area contributed by atoms with Gasteiger partial charge in [0.2, 0.25) is 0 Å². The first kappa shape index (κ1) is 11.0. The van der Waals surface area contributed by atoms with Crippen molar-refractivity contribution in [1.82, 2.24) is 0 Å². The number of phenols is 1. The predicted molar refractivity (Wildman–Crippen MR) is 52.9 cm³/mol. The molecular weight excluding hydrogens is 200 g/mol. The fraction of sp³-hybridized carbons (Fsp3) is 0.111. The summed E-state index contributed by atoms with van der Waals surface area (Å²) < 4.78 is 0. The zero-order valence-corrected chi connectivity index (χ0v) is 7.73. The maximum Gasteiger partial charge on any atom is 0.337 e. The van der Waals surface area contributed by atoms with Crippen molar-refractivity contribution in [3.63, 3.8) is 0 Å². The number of carbonyl (C=O) groups excluding carboxylic acids is 1. The molecule has 0 amide bonds. The summed E-state index contributed by atoms with van der Waals surface area (Å²) in [5.41, 5.74) is 9.98. The second-order valence-corrected chi connectivity index (χ2v) is 2.89. The second kappa shape index (κ2) is 3.97. The van der Waals surface area contributed by atoms with E-state index in [1.165, 1.54) is 0 Å². The third-order valence-electron chi connectivity index (χ3n) is 1.88. The Hall–Kier alpha value is -2.08. The Kier molecular flexibility index (Phi) is 2.91. The Morgan fingerprint density at radius 2 is 1.87 bits per heavy atom. The van der Waals surface area contributed by atoms with E-state index in [0.717, 1.165) is 12.1 Å². The summed E-state index contributed by atoms with van der Waals surface area (Å²) in [4.78, 5) is 21.9. The number of Topliss-reactive ketones (excluding diaryl/α,β-unsaturated/α-hetero) is 1. The van der Waals surface area contributed by atoms with Gasteiger partial charge in [0.1, 0.15) is 5.75 Å². The maximum absolute atomic E-state index is 11.2. The molecule has 0 spiro atoms. The number of hydrogen-bond acceptors (Lipinski definition) is 5. The molecule has 6 nitrogen and oxygen atoms in total. The lowest BCUT2D eigenvalue weighted by molar-refractivity contribution is 0.0698. The van der Waals surface area contributed by atoms with Crippen LogP contribution in [0.4, 0.5) is 5.69 Å². The molecule has 1 aromatic carbocycles. The zero-order valence-electron chi connectivity index (χ0n) is 7.73. The molecule has 0 fully saturated rings. The van der Waals surface area contributed by atoms with Gasteiger partial charge in [-0.1, -0.05) is 0 Å². The zero-order chi connectivity index (χ0) is 11.6. The summed E-state index contributed by atoms with van der Waals surface area (Å²) in [6.45, 7) is -0.309. The van der Waals surface area contributed by atoms with Crippen LogP contribution in [0.3, 0.4) is 0 Å². The third kappa shape index (κ3) is 2.05. The van der Waals surface area contributed by atoms with E-state index in [4.69, 9.17) is 16.6 Å². The minimum atomic E-state index is -1.27. The van der Waals surface area contributed by atoms with Crippen LogP contribution in [0.5, 0.6) is 5.75 Å². The first-order valence-electron chi connectivity index (χ1n) is 4.06. The normalized spacial score (nSPS) is 9.93. The number of nitrogens with two attached hydrogens (primary N) is 2. The van der Waals surface area contributed by atoms with Crippen molar-refractivity contribution in [3.8, 4) is 5.75 Å². The molecule has 0 saturated carbocycles. The number of benzene rings is 1. The van der Waals surface area contributed by atoms with Gasteiger partial charge in [-0.2, -0.15) is 0 Å². The number of aromatic hydroxyl groups is 1. The van der Waals surface area contributed by atoms with Gasteiger partial charge in [0.15, 0.2) is 5.78 Å². The Balaban J connectivity index is 3.36. The number of carboxylic acid groups (broad SMARTS) is 1. The summed E-state index contributed by atoms with van der Waals surface area (Å²) in [5.74, 6) is -2.18. The van der Waals surface area contributed by atoms with Crippen molar-refractivity contribution in [2.75, 3.05) is 12.3 Å². The molecule has 1 rings (SSSR count). The standard InChI is InChI=1S/C9H10N2O4/c10-3-8(13)5-1-4(9(14)15)6(11)2-7(5)12/h1-2,12H,3,10-11H2,(H,14,15). The van der Waals surface area contributed by atoms with Crippen molar-refractivity contribution in [2.24, 2.45) is 5.73 Å². The molecule has 0 aliphatic heterocycles. The molecule has 0 heterocycles. The van der Waals surface area contributed by atoms with Crippen molar-refractivity contribution in [3.05, 3.63) is 23.3 Å². The van der Waals surface area contributed by atoms with E-state index in [9.17, 15) is 14.7 Å². The quantitative estimate of drug-likeness (QED) is 0.404. The van der Waals surface area contributed by atoms with E-state index in [0.29, 0.717) is 0 Å². The van der Waals surface area contributed by atoms with Crippen LogP contribution in [0.15, 0.2) is 12.1 Å². The van der Waals surface area contributed by atoms with Crippen LogP contribution in [0.1, 0.15) is 20.7 Å². The number of phenolic OH excluding ortho intramolecular Hbond substituents is 1. The van der Waals surface area contributed by atoms with Crippen molar-refractivity contribution < 1.29 is 19.8 Å². The molecule has 0 atom stereocenters. The van der Waals surface area contributed by atoms with Crippen LogP contribution in [0.2, 0.25) is 0 Å². The minimum absolute atomic E-state index is 0.103. The van der Waals surface area contributed by atoms with E-state index >= 15 is 0 Å². The Morgan fingerprint density at radius 3 is 2.33 bits per heavy atom. The molecular formula is C9H10N2O4. The van der Waals surface area contributed by atoms with Crippen LogP contribution in [0, 0.1) is 0 Å². The molecule has 0 unspecified atom stereocenters. The lowest BCUT2D eigenvalue weighted by Crippen LogP contribution is -2.15. The van der Waals surface area contributed by atoms with E-state index in [1.807, 2.05) is 0 Å². The number of nitrogen functional groups attached to an aromatic ring is 1. The smallest absolute Gasteiger partial charge is 0.337 e. The number of aromatic carboxylic acids is 1. The number of carboxylic acids is 1. The second-order valence-electron chi connectivity index (χ2n) is 2.89. The summed E-state index contributed by atoms with van der Waals surface area (Å²) in [7, 11) is 0. The highest BCUT2D eigenvalue weighted by molar-refractivity contribution is 6.04. The summed E-state index contributed by atoms with van der Waals surface area (Å²) in [6.07, 6.45) is 0. The van der Waals surface area contributed by atoms with E-state index in [1.54, 1.807) is 0 Å². The summed E-state index contributed by atoms with van der Waals surface area (Å²) in [6, 6.07) is 2.04. The number of anilines is 1. The number of rotatable bonds is 3. The van der Waals surface area contributed by atoms with Gasteiger partial charge in [-0.3, -0.25) is 4.79 Å². The molecule has 0 radical (unpaired) electrons. The van der Waals surface area contributed by atoms with Crippen LogP contribution < -0.4 is 11.5 Å². The highest BCUT2D eigenvalue weighted by Gasteiger charge is 2.16. The molecule has 1 aromatic rings. The molecule has 0 aliphatic rings. The first-order valence-corrected chi connectivity index (χ1v) is 4.06. The largest absolute Gasteiger partial charge is 0.507 e. The molecule has 0 aliphatic carbocycles. The van der Waals surface area contributed by atoms with Gasteiger partial charge in [0.05, 0.1) is 17.7 Å². The third-order valence-corrected chi connectivity index (χ3v) is 1.88. The maximum atomic E-state index is 11.2. The van der Waals surface area contributed by atoms with Gasteiger partial charge in [0, 0.05) is 11.8 Å². The SMILES string of the molecule is NCC(=O)c1cc(C(=O)O)c(N)cc1O. The van der Waals surface area contributed by atoms with Crippen molar-refractivity contribution >= 4 is 17.4 Å². The van der Waals surface area contributed by atoms with Crippen LogP contribution in [-0.2, 0) is 0 Å². The van der Waals surface area contributed by atoms with Gasteiger partial charge >= 0.3 is 5.97 Å². The molecule has 6 N–H and O–H groups in total. The molecule has 0 aromatic heterocycles. The number of hydrogen-bond donors (Lipinski definition) is 4. The van der Waals surface area contributed by atoms with Gasteiger partial charge in [-0.15, -0.1) is 0 Å². The molecule has 0 saturated heterocycles. The van der Waals surface area contributed by atoms with E-state index < -0.39 is 11.8 Å². The van der Waals surface area contributed by atoms with Gasteiger partial charge in [0.25, 0.3) is 0 Å².